The first kappa shape index (κ1) is 17.7. The van der Waals surface area contributed by atoms with Gasteiger partial charge < -0.3 is 4.74 Å². The fourth-order valence-electron chi connectivity index (χ4n) is 3.51. The van der Waals surface area contributed by atoms with Crippen molar-refractivity contribution in [3.63, 3.8) is 0 Å². The van der Waals surface area contributed by atoms with Crippen molar-refractivity contribution in [2.24, 2.45) is 4.99 Å². The number of hydrogen-bond donors (Lipinski definition) is 0. The van der Waals surface area contributed by atoms with Crippen LogP contribution in [0.4, 0.5) is 5.82 Å². The summed E-state index contributed by atoms with van der Waals surface area (Å²) in [6, 6.07) is 23.8. The molecule has 0 amide bonds. The number of nitrogens with zero attached hydrogens (tertiary/aromatic N) is 3. The number of benzene rings is 3. The van der Waals surface area contributed by atoms with Crippen LogP contribution in [0.15, 0.2) is 77.8 Å². The van der Waals surface area contributed by atoms with E-state index in [0.717, 1.165) is 45.9 Å². The summed E-state index contributed by atoms with van der Waals surface area (Å²) in [5.41, 5.74) is 5.14. The van der Waals surface area contributed by atoms with Crippen molar-refractivity contribution in [1.29, 1.82) is 0 Å². The van der Waals surface area contributed by atoms with Gasteiger partial charge >= 0.3 is 0 Å². The van der Waals surface area contributed by atoms with Gasteiger partial charge in [-0.25, -0.2) is 9.67 Å². The van der Waals surface area contributed by atoms with Crippen LogP contribution >= 0.6 is 11.6 Å². The summed E-state index contributed by atoms with van der Waals surface area (Å²) in [7, 11) is 0. The summed E-state index contributed by atoms with van der Waals surface area (Å²) in [6.07, 6.45) is 2.56. The first-order valence-electron chi connectivity index (χ1n) is 9.42. The molecule has 29 heavy (non-hydrogen) atoms. The lowest BCUT2D eigenvalue weighted by atomic mass is 10.0. The number of halogens is 1. The van der Waals surface area contributed by atoms with E-state index in [1.54, 1.807) is 0 Å². The number of aryl methyl sites for hydroxylation is 1. The van der Waals surface area contributed by atoms with Crippen LogP contribution in [-0.2, 0) is 6.42 Å². The summed E-state index contributed by atoms with van der Waals surface area (Å²) in [6.45, 7) is 2.05. The van der Waals surface area contributed by atoms with Gasteiger partial charge in [-0.15, -0.1) is 5.10 Å². The van der Waals surface area contributed by atoms with Crippen molar-refractivity contribution in [2.75, 3.05) is 0 Å². The molecule has 4 nitrogen and oxygen atoms in total. The zero-order valence-corrected chi connectivity index (χ0v) is 16.6. The summed E-state index contributed by atoms with van der Waals surface area (Å²) < 4.78 is 8.04. The third kappa shape index (κ3) is 3.32. The zero-order valence-electron chi connectivity index (χ0n) is 15.8. The van der Waals surface area contributed by atoms with E-state index in [9.17, 15) is 0 Å². The Morgan fingerprint density at radius 3 is 2.59 bits per heavy atom. The van der Waals surface area contributed by atoms with Crippen LogP contribution in [0.25, 0.3) is 5.69 Å². The molecule has 0 saturated heterocycles. The minimum absolute atomic E-state index is 0.610. The molecular formula is C24H18ClN3O. The Labute approximate surface area is 174 Å². The summed E-state index contributed by atoms with van der Waals surface area (Å²) >= 11 is 6.00. The van der Waals surface area contributed by atoms with Gasteiger partial charge in [0.25, 0.3) is 0 Å². The third-order valence-electron chi connectivity index (χ3n) is 4.99. The minimum Gasteiger partial charge on any atom is -0.437 e. The summed E-state index contributed by atoms with van der Waals surface area (Å²) in [5, 5.41) is 5.45. The first-order chi connectivity index (χ1) is 14.2. The SMILES string of the molecule is Cc1cccc2c1Oc1nn(-c3ccccc3)c(/N=C/c3ccc(Cl)cc3)c1C2. The molecule has 1 aliphatic rings. The number of rotatable bonds is 3. The van der Waals surface area contributed by atoms with Crippen LogP contribution in [0.2, 0.25) is 5.02 Å². The molecule has 0 spiro atoms. The molecule has 0 radical (unpaired) electrons. The molecular weight excluding hydrogens is 382 g/mol. The van der Waals surface area contributed by atoms with Crippen LogP contribution in [0, 0.1) is 6.92 Å². The number of ether oxygens (including phenoxy) is 1. The van der Waals surface area contributed by atoms with E-state index < -0.39 is 0 Å². The van der Waals surface area contributed by atoms with E-state index >= 15 is 0 Å². The molecule has 0 bridgehead atoms. The van der Waals surface area contributed by atoms with E-state index in [1.807, 2.05) is 65.5 Å². The highest BCUT2D eigenvalue weighted by molar-refractivity contribution is 6.30. The topological polar surface area (TPSA) is 39.4 Å². The second kappa shape index (κ2) is 7.22. The molecule has 0 atom stereocenters. The number of fused-ring (bicyclic) bond motifs is 2. The zero-order chi connectivity index (χ0) is 19.8. The summed E-state index contributed by atoms with van der Waals surface area (Å²) in [5.74, 6) is 2.28. The van der Waals surface area contributed by atoms with Crippen molar-refractivity contribution in [3.05, 3.63) is 100 Å². The number of aliphatic imine (C=N–C) groups is 1. The Morgan fingerprint density at radius 2 is 1.79 bits per heavy atom. The smallest absolute Gasteiger partial charge is 0.244 e. The molecule has 0 aliphatic carbocycles. The van der Waals surface area contributed by atoms with Crippen LogP contribution < -0.4 is 4.74 Å². The van der Waals surface area contributed by atoms with Gasteiger partial charge in [0.2, 0.25) is 5.88 Å². The average Bonchev–Trinajstić information content (AvgIpc) is 3.10. The lowest BCUT2D eigenvalue weighted by molar-refractivity contribution is 0.435. The average molecular weight is 400 g/mol. The third-order valence-corrected chi connectivity index (χ3v) is 5.24. The monoisotopic (exact) mass is 399 g/mol. The van der Waals surface area contributed by atoms with Crippen molar-refractivity contribution in [3.8, 4) is 17.3 Å². The molecule has 142 valence electrons. The van der Waals surface area contributed by atoms with Crippen molar-refractivity contribution >= 4 is 23.6 Å². The number of hydrogen-bond acceptors (Lipinski definition) is 3. The Bertz CT molecular complexity index is 1210. The molecule has 0 unspecified atom stereocenters. The maximum atomic E-state index is 6.20. The largest absolute Gasteiger partial charge is 0.437 e. The number of para-hydroxylation sites is 2. The van der Waals surface area contributed by atoms with Crippen LogP contribution in [0.3, 0.4) is 0 Å². The molecule has 3 aromatic carbocycles. The second-order valence-electron chi connectivity index (χ2n) is 7.01. The molecule has 1 aromatic heterocycles. The number of aromatic nitrogens is 2. The Kier molecular flexibility index (Phi) is 4.41. The van der Waals surface area contributed by atoms with Gasteiger partial charge in [0.05, 0.1) is 11.3 Å². The molecule has 5 rings (SSSR count). The van der Waals surface area contributed by atoms with E-state index in [-0.39, 0.29) is 0 Å². The molecule has 0 N–H and O–H groups in total. The van der Waals surface area contributed by atoms with Crippen LogP contribution in [-0.4, -0.2) is 16.0 Å². The van der Waals surface area contributed by atoms with Crippen molar-refractivity contribution < 1.29 is 4.74 Å². The first-order valence-corrected chi connectivity index (χ1v) is 9.80. The molecule has 0 fully saturated rings. The fourth-order valence-corrected chi connectivity index (χ4v) is 3.64. The molecule has 1 aliphatic heterocycles. The van der Waals surface area contributed by atoms with E-state index in [1.165, 1.54) is 0 Å². The molecule has 4 aromatic rings. The highest BCUT2D eigenvalue weighted by Gasteiger charge is 2.27. The minimum atomic E-state index is 0.610. The van der Waals surface area contributed by atoms with Gasteiger partial charge in [-0.05, 0) is 47.9 Å². The molecule has 5 heteroatoms. The Morgan fingerprint density at radius 1 is 1.00 bits per heavy atom. The van der Waals surface area contributed by atoms with Gasteiger partial charge in [-0.3, -0.25) is 0 Å². The molecule has 2 heterocycles. The van der Waals surface area contributed by atoms with Crippen LogP contribution in [0.5, 0.6) is 11.6 Å². The van der Waals surface area contributed by atoms with Gasteiger partial charge in [0.1, 0.15) is 5.75 Å². The van der Waals surface area contributed by atoms with Crippen LogP contribution in [0.1, 0.15) is 22.3 Å². The highest BCUT2D eigenvalue weighted by Crippen LogP contribution is 2.42. The predicted molar refractivity (Wildman–Crippen MR) is 116 cm³/mol. The lowest BCUT2D eigenvalue weighted by Crippen LogP contribution is -2.03. The maximum Gasteiger partial charge on any atom is 0.244 e. The summed E-state index contributed by atoms with van der Waals surface area (Å²) in [4.78, 5) is 4.80. The van der Waals surface area contributed by atoms with Gasteiger partial charge in [-0.1, -0.05) is 60.1 Å². The molecule has 0 saturated carbocycles. The highest BCUT2D eigenvalue weighted by atomic mass is 35.5. The Hall–Kier alpha value is -3.37. The van der Waals surface area contributed by atoms with E-state index in [4.69, 9.17) is 26.4 Å². The quantitative estimate of drug-likeness (QED) is 0.335. The standard InChI is InChI=1S/C24H18ClN3O/c1-16-6-5-7-18-14-21-23(26-15-17-10-12-19(25)13-11-17)28(20-8-3-2-4-9-20)27-24(21)29-22(16)18/h2-13,15H,14H2,1H3/b26-15+. The maximum absolute atomic E-state index is 6.20. The van der Waals surface area contributed by atoms with Crippen molar-refractivity contribution in [1.82, 2.24) is 9.78 Å². The van der Waals surface area contributed by atoms with Gasteiger partial charge in [0.15, 0.2) is 5.82 Å². The predicted octanol–water partition coefficient (Wildman–Crippen LogP) is 6.28. The lowest BCUT2D eigenvalue weighted by Gasteiger charge is -2.17. The van der Waals surface area contributed by atoms with Gasteiger partial charge in [-0.2, -0.15) is 0 Å². The second-order valence-corrected chi connectivity index (χ2v) is 7.44. The van der Waals surface area contributed by atoms with E-state index in [2.05, 4.69) is 25.1 Å². The van der Waals surface area contributed by atoms with Gasteiger partial charge in [0, 0.05) is 17.7 Å². The fraction of sp³-hybridized carbons (Fsp3) is 0.0833. The van der Waals surface area contributed by atoms with E-state index in [0.29, 0.717) is 10.9 Å². The van der Waals surface area contributed by atoms with Crippen molar-refractivity contribution in [2.45, 2.75) is 13.3 Å². The normalized spacial score (nSPS) is 12.5. The Balaban J connectivity index is 1.63.